The van der Waals surface area contributed by atoms with Crippen molar-refractivity contribution in [2.45, 2.75) is 39.5 Å². The highest BCUT2D eigenvalue weighted by Gasteiger charge is 2.13. The molecule has 2 aromatic carbocycles. The number of rotatable bonds is 9. The van der Waals surface area contributed by atoms with Gasteiger partial charge in [0, 0.05) is 19.7 Å². The molecule has 150 valence electrons. The number of anilines is 1. The first kappa shape index (κ1) is 21.5. The molecule has 0 radical (unpaired) electrons. The molecule has 0 heterocycles. The quantitative estimate of drug-likeness (QED) is 0.707. The van der Waals surface area contributed by atoms with E-state index in [1.807, 2.05) is 30.3 Å². The van der Waals surface area contributed by atoms with Crippen LogP contribution < -0.4 is 9.64 Å². The standard InChI is InChI=1S/C23H29NO4/c1-16(23(26)27)14-19-8-11-20(22(15-19)28-4)7-5-6-18-9-12-21(13-10-18)24(3)17(2)25/h8-13,15-16H,5-7,14H2,1-4H3,(H,26,27). The summed E-state index contributed by atoms with van der Waals surface area (Å²) in [4.78, 5) is 24.1. The van der Waals surface area contributed by atoms with E-state index >= 15 is 0 Å². The van der Waals surface area contributed by atoms with E-state index in [9.17, 15) is 9.59 Å². The molecular formula is C23H29NO4. The number of benzene rings is 2. The molecular weight excluding hydrogens is 354 g/mol. The lowest BCUT2D eigenvalue weighted by molar-refractivity contribution is -0.141. The number of ether oxygens (including phenoxy) is 1. The average Bonchev–Trinajstić information content (AvgIpc) is 2.68. The SMILES string of the molecule is COc1cc(CC(C)C(=O)O)ccc1CCCc1ccc(N(C)C(C)=O)cc1. The van der Waals surface area contributed by atoms with E-state index in [1.54, 1.807) is 32.9 Å². The number of aryl methyl sites for hydroxylation is 2. The lowest BCUT2D eigenvalue weighted by Gasteiger charge is -2.15. The van der Waals surface area contributed by atoms with E-state index in [-0.39, 0.29) is 5.91 Å². The smallest absolute Gasteiger partial charge is 0.306 e. The van der Waals surface area contributed by atoms with Crippen LogP contribution in [-0.2, 0) is 28.9 Å². The van der Waals surface area contributed by atoms with Crippen molar-refractivity contribution in [3.05, 3.63) is 59.2 Å². The summed E-state index contributed by atoms with van der Waals surface area (Å²) in [5.41, 5.74) is 4.22. The monoisotopic (exact) mass is 383 g/mol. The van der Waals surface area contributed by atoms with Gasteiger partial charge in [-0.15, -0.1) is 0 Å². The molecule has 2 rings (SSSR count). The average molecular weight is 383 g/mol. The maximum absolute atomic E-state index is 11.4. The fraction of sp³-hybridized carbons (Fsp3) is 0.391. The highest BCUT2D eigenvalue weighted by Crippen LogP contribution is 2.24. The van der Waals surface area contributed by atoms with Gasteiger partial charge < -0.3 is 14.7 Å². The first-order chi connectivity index (χ1) is 13.3. The van der Waals surface area contributed by atoms with Crippen molar-refractivity contribution in [3.8, 4) is 5.75 Å². The highest BCUT2D eigenvalue weighted by atomic mass is 16.5. The summed E-state index contributed by atoms with van der Waals surface area (Å²) < 4.78 is 5.51. The molecule has 0 fully saturated rings. The normalized spacial score (nSPS) is 11.7. The Morgan fingerprint density at radius 2 is 1.71 bits per heavy atom. The molecule has 0 aromatic heterocycles. The number of hydrogen-bond donors (Lipinski definition) is 1. The van der Waals surface area contributed by atoms with Crippen LogP contribution in [0, 0.1) is 5.92 Å². The fourth-order valence-electron chi connectivity index (χ4n) is 3.11. The second kappa shape index (κ2) is 9.93. The zero-order valence-corrected chi connectivity index (χ0v) is 17.1. The maximum atomic E-state index is 11.4. The Morgan fingerprint density at radius 3 is 2.29 bits per heavy atom. The Labute approximate surface area is 166 Å². The number of carbonyl (C=O) groups excluding carboxylic acids is 1. The predicted molar refractivity (Wildman–Crippen MR) is 111 cm³/mol. The molecule has 0 bridgehead atoms. The molecule has 0 aliphatic rings. The van der Waals surface area contributed by atoms with Crippen molar-refractivity contribution in [1.82, 2.24) is 0 Å². The topological polar surface area (TPSA) is 66.8 Å². The van der Waals surface area contributed by atoms with Gasteiger partial charge in [0.2, 0.25) is 5.91 Å². The molecule has 5 heteroatoms. The van der Waals surface area contributed by atoms with Gasteiger partial charge in [-0.05, 0) is 60.6 Å². The van der Waals surface area contributed by atoms with Crippen LogP contribution in [0.3, 0.4) is 0 Å². The summed E-state index contributed by atoms with van der Waals surface area (Å²) in [6.45, 7) is 3.26. The van der Waals surface area contributed by atoms with Crippen LogP contribution >= 0.6 is 0 Å². The lowest BCUT2D eigenvalue weighted by atomic mass is 9.97. The van der Waals surface area contributed by atoms with Crippen molar-refractivity contribution in [1.29, 1.82) is 0 Å². The minimum Gasteiger partial charge on any atom is -0.496 e. The molecule has 0 spiro atoms. The van der Waals surface area contributed by atoms with E-state index in [0.29, 0.717) is 6.42 Å². The maximum Gasteiger partial charge on any atom is 0.306 e. The summed E-state index contributed by atoms with van der Waals surface area (Å²) in [7, 11) is 3.41. The first-order valence-corrected chi connectivity index (χ1v) is 9.53. The molecule has 2 aromatic rings. The van der Waals surface area contributed by atoms with E-state index in [1.165, 1.54) is 5.56 Å². The number of carboxylic acids is 1. The van der Waals surface area contributed by atoms with Crippen molar-refractivity contribution >= 4 is 17.6 Å². The number of hydrogen-bond acceptors (Lipinski definition) is 3. The van der Waals surface area contributed by atoms with Crippen LogP contribution in [-0.4, -0.2) is 31.1 Å². The Morgan fingerprint density at radius 1 is 1.07 bits per heavy atom. The highest BCUT2D eigenvalue weighted by molar-refractivity contribution is 5.90. The van der Waals surface area contributed by atoms with E-state index in [0.717, 1.165) is 41.8 Å². The molecule has 1 N–H and O–H groups in total. The van der Waals surface area contributed by atoms with Crippen LogP contribution in [0.25, 0.3) is 0 Å². The van der Waals surface area contributed by atoms with Crippen molar-refractivity contribution in [3.63, 3.8) is 0 Å². The van der Waals surface area contributed by atoms with Crippen LogP contribution in [0.5, 0.6) is 5.75 Å². The molecule has 28 heavy (non-hydrogen) atoms. The third-order valence-electron chi connectivity index (χ3n) is 5.02. The minimum absolute atomic E-state index is 0.0149. The van der Waals surface area contributed by atoms with Crippen LogP contribution in [0.1, 0.15) is 37.0 Å². The van der Waals surface area contributed by atoms with Gasteiger partial charge in [0.1, 0.15) is 5.75 Å². The molecule has 0 aliphatic heterocycles. The molecule has 0 saturated carbocycles. The van der Waals surface area contributed by atoms with Crippen LogP contribution in [0.15, 0.2) is 42.5 Å². The van der Waals surface area contributed by atoms with E-state index in [2.05, 4.69) is 12.1 Å². The third kappa shape index (κ3) is 5.84. The van der Waals surface area contributed by atoms with Gasteiger partial charge >= 0.3 is 5.97 Å². The van der Waals surface area contributed by atoms with Gasteiger partial charge in [-0.3, -0.25) is 9.59 Å². The van der Waals surface area contributed by atoms with Gasteiger partial charge in [0.05, 0.1) is 13.0 Å². The number of amides is 1. The largest absolute Gasteiger partial charge is 0.496 e. The summed E-state index contributed by atoms with van der Waals surface area (Å²) in [5.74, 6) is -0.376. The predicted octanol–water partition coefficient (Wildman–Crippen LogP) is 4.12. The number of aliphatic carboxylic acids is 1. The van der Waals surface area contributed by atoms with Crippen molar-refractivity contribution in [2.24, 2.45) is 5.92 Å². The van der Waals surface area contributed by atoms with Gasteiger partial charge in [-0.2, -0.15) is 0 Å². The fourth-order valence-corrected chi connectivity index (χ4v) is 3.11. The molecule has 1 unspecified atom stereocenters. The zero-order chi connectivity index (χ0) is 20.7. The van der Waals surface area contributed by atoms with Crippen LogP contribution in [0.4, 0.5) is 5.69 Å². The summed E-state index contributed by atoms with van der Waals surface area (Å²) in [6, 6.07) is 14.0. The third-order valence-corrected chi connectivity index (χ3v) is 5.02. The molecule has 0 aliphatic carbocycles. The number of nitrogens with zero attached hydrogens (tertiary/aromatic N) is 1. The summed E-state index contributed by atoms with van der Waals surface area (Å²) >= 11 is 0. The molecule has 0 saturated heterocycles. The van der Waals surface area contributed by atoms with E-state index < -0.39 is 11.9 Å². The number of methoxy groups -OCH3 is 1. The van der Waals surface area contributed by atoms with Crippen LogP contribution in [0.2, 0.25) is 0 Å². The second-order valence-electron chi connectivity index (χ2n) is 7.19. The van der Waals surface area contributed by atoms with Gasteiger partial charge in [-0.25, -0.2) is 0 Å². The number of carboxylic acid groups (broad SMARTS) is 1. The Bertz CT molecular complexity index is 814. The Hall–Kier alpha value is -2.82. The van der Waals surface area contributed by atoms with E-state index in [4.69, 9.17) is 9.84 Å². The second-order valence-corrected chi connectivity index (χ2v) is 7.19. The minimum atomic E-state index is -0.788. The molecule has 1 amide bonds. The Kier molecular flexibility index (Phi) is 7.61. The van der Waals surface area contributed by atoms with Gasteiger partial charge in [0.15, 0.2) is 0 Å². The number of carbonyl (C=O) groups is 2. The molecule has 5 nitrogen and oxygen atoms in total. The van der Waals surface area contributed by atoms with Gasteiger partial charge in [-0.1, -0.05) is 31.2 Å². The summed E-state index contributed by atoms with van der Waals surface area (Å²) in [5, 5.41) is 9.07. The first-order valence-electron chi connectivity index (χ1n) is 9.53. The summed E-state index contributed by atoms with van der Waals surface area (Å²) in [6.07, 6.45) is 3.29. The van der Waals surface area contributed by atoms with Gasteiger partial charge in [0.25, 0.3) is 0 Å². The lowest BCUT2D eigenvalue weighted by Crippen LogP contribution is -2.22. The van der Waals surface area contributed by atoms with Crippen molar-refractivity contribution < 1.29 is 19.4 Å². The Balaban J connectivity index is 1.95. The zero-order valence-electron chi connectivity index (χ0n) is 17.1. The molecule has 1 atom stereocenters. The van der Waals surface area contributed by atoms with Crippen molar-refractivity contribution in [2.75, 3.05) is 19.1 Å².